The van der Waals surface area contributed by atoms with Crippen molar-refractivity contribution in [2.24, 2.45) is 0 Å². The Kier molecular flexibility index (Phi) is 2.90. The summed E-state index contributed by atoms with van der Waals surface area (Å²) in [6.45, 7) is 4.13. The van der Waals surface area contributed by atoms with Gasteiger partial charge in [0.25, 0.3) is 0 Å². The Morgan fingerprint density at radius 1 is 1.40 bits per heavy atom. The summed E-state index contributed by atoms with van der Waals surface area (Å²) in [6, 6.07) is 6.92. The van der Waals surface area contributed by atoms with E-state index in [1.165, 1.54) is 10.7 Å². The van der Waals surface area contributed by atoms with Crippen molar-refractivity contribution in [1.29, 1.82) is 0 Å². The lowest BCUT2D eigenvalue weighted by molar-refractivity contribution is 0.0684. The highest BCUT2D eigenvalue weighted by Crippen LogP contribution is 2.35. The Labute approximate surface area is 114 Å². The summed E-state index contributed by atoms with van der Waals surface area (Å²) in [5, 5.41) is 13.5. The van der Waals surface area contributed by atoms with Gasteiger partial charge in [-0.05, 0) is 24.3 Å². The minimum Gasteiger partial charge on any atom is -0.477 e. The molecule has 102 valence electrons. The lowest BCUT2D eigenvalue weighted by atomic mass is 10.1. The molecule has 0 amide bonds. The number of carbonyl (C=O) groups is 1. The highest BCUT2D eigenvalue weighted by atomic mass is 16.7. The van der Waals surface area contributed by atoms with Crippen molar-refractivity contribution in [3.05, 3.63) is 42.6 Å². The number of carboxylic acid groups (broad SMARTS) is 1. The number of carboxylic acids is 1. The van der Waals surface area contributed by atoms with Crippen LogP contribution in [-0.2, 0) is 6.54 Å². The van der Waals surface area contributed by atoms with Crippen molar-refractivity contribution in [1.82, 2.24) is 9.78 Å². The summed E-state index contributed by atoms with van der Waals surface area (Å²) in [4.78, 5) is 11.2. The van der Waals surface area contributed by atoms with Crippen LogP contribution in [0.3, 0.4) is 0 Å². The highest BCUT2D eigenvalue weighted by Gasteiger charge is 2.18. The normalized spacial score (nSPS) is 12.4. The average molecular weight is 272 g/mol. The first kappa shape index (κ1) is 12.3. The van der Waals surface area contributed by atoms with E-state index in [4.69, 9.17) is 14.6 Å². The van der Waals surface area contributed by atoms with E-state index in [2.05, 4.69) is 11.7 Å². The molecule has 3 rings (SSSR count). The number of aromatic nitrogens is 2. The van der Waals surface area contributed by atoms with Gasteiger partial charge in [0, 0.05) is 5.56 Å². The van der Waals surface area contributed by atoms with E-state index in [-0.39, 0.29) is 12.5 Å². The van der Waals surface area contributed by atoms with Crippen LogP contribution in [-0.4, -0.2) is 27.6 Å². The van der Waals surface area contributed by atoms with Gasteiger partial charge in [-0.15, -0.1) is 6.58 Å². The Hall–Kier alpha value is -2.76. The second-order valence-corrected chi connectivity index (χ2v) is 4.26. The number of nitrogens with zero attached hydrogens (tertiary/aromatic N) is 2. The van der Waals surface area contributed by atoms with Crippen molar-refractivity contribution in [3.8, 4) is 22.8 Å². The number of benzene rings is 1. The molecule has 0 saturated carbocycles. The Morgan fingerprint density at radius 2 is 2.20 bits per heavy atom. The number of aromatic carboxylic acids is 1. The molecule has 6 heteroatoms. The first-order valence-electron chi connectivity index (χ1n) is 6.01. The number of hydrogen-bond acceptors (Lipinski definition) is 4. The molecule has 2 aromatic rings. The maximum Gasteiger partial charge on any atom is 0.354 e. The van der Waals surface area contributed by atoms with Gasteiger partial charge in [0.15, 0.2) is 11.5 Å². The van der Waals surface area contributed by atoms with E-state index in [0.717, 1.165) is 5.56 Å². The van der Waals surface area contributed by atoms with Crippen LogP contribution >= 0.6 is 0 Å². The molecule has 6 nitrogen and oxygen atoms in total. The maximum absolute atomic E-state index is 11.2. The van der Waals surface area contributed by atoms with Gasteiger partial charge in [-0.2, -0.15) is 5.10 Å². The summed E-state index contributed by atoms with van der Waals surface area (Å²) in [7, 11) is 0. The van der Waals surface area contributed by atoms with Gasteiger partial charge in [-0.25, -0.2) is 4.79 Å². The van der Waals surface area contributed by atoms with Gasteiger partial charge in [0.2, 0.25) is 6.79 Å². The molecule has 2 heterocycles. The molecule has 20 heavy (non-hydrogen) atoms. The Morgan fingerprint density at radius 3 is 2.95 bits per heavy atom. The van der Waals surface area contributed by atoms with Crippen LogP contribution in [0, 0.1) is 0 Å². The topological polar surface area (TPSA) is 73.6 Å². The smallest absolute Gasteiger partial charge is 0.354 e. The van der Waals surface area contributed by atoms with Crippen molar-refractivity contribution >= 4 is 5.97 Å². The van der Waals surface area contributed by atoms with E-state index in [9.17, 15) is 4.79 Å². The van der Waals surface area contributed by atoms with Crippen LogP contribution < -0.4 is 9.47 Å². The number of allylic oxidation sites excluding steroid dienone is 1. The molecule has 1 aliphatic rings. The number of ether oxygens (including phenoxy) is 2. The summed E-state index contributed by atoms with van der Waals surface area (Å²) in [6.07, 6.45) is 1.60. The fraction of sp³-hybridized carbons (Fsp3) is 0.143. The number of hydrogen-bond donors (Lipinski definition) is 1. The molecule has 0 fully saturated rings. The van der Waals surface area contributed by atoms with Gasteiger partial charge >= 0.3 is 5.97 Å². The van der Waals surface area contributed by atoms with Crippen LogP contribution in [0.25, 0.3) is 11.3 Å². The van der Waals surface area contributed by atoms with Gasteiger partial charge < -0.3 is 14.6 Å². The third-order valence-electron chi connectivity index (χ3n) is 2.97. The van der Waals surface area contributed by atoms with Gasteiger partial charge in [0.05, 0.1) is 12.2 Å². The van der Waals surface area contributed by atoms with E-state index in [1.54, 1.807) is 18.2 Å². The molecule has 0 saturated heterocycles. The first-order valence-corrected chi connectivity index (χ1v) is 6.01. The van der Waals surface area contributed by atoms with Crippen LogP contribution in [0.1, 0.15) is 10.5 Å². The van der Waals surface area contributed by atoms with Crippen LogP contribution in [0.4, 0.5) is 0 Å². The van der Waals surface area contributed by atoms with E-state index >= 15 is 0 Å². The fourth-order valence-electron chi connectivity index (χ4n) is 2.05. The Balaban J connectivity index is 2.03. The first-order chi connectivity index (χ1) is 9.69. The summed E-state index contributed by atoms with van der Waals surface area (Å²) >= 11 is 0. The van der Waals surface area contributed by atoms with Crippen molar-refractivity contribution in [3.63, 3.8) is 0 Å². The number of fused-ring (bicyclic) bond motifs is 1. The molecule has 0 spiro atoms. The SMILES string of the molecule is C=CCn1nc(-c2ccc3c(c2)OCO3)cc1C(=O)O. The maximum atomic E-state index is 11.2. The lowest BCUT2D eigenvalue weighted by Crippen LogP contribution is -2.08. The zero-order chi connectivity index (χ0) is 14.1. The molecule has 0 aliphatic carbocycles. The molecular formula is C14H12N2O4. The summed E-state index contributed by atoms with van der Waals surface area (Å²) < 4.78 is 11.9. The molecule has 1 aromatic heterocycles. The average Bonchev–Trinajstić information content (AvgIpc) is 3.04. The van der Waals surface area contributed by atoms with Crippen LogP contribution in [0.15, 0.2) is 36.9 Å². The molecule has 1 N–H and O–H groups in total. The van der Waals surface area contributed by atoms with Gasteiger partial charge in [-0.3, -0.25) is 4.68 Å². The largest absolute Gasteiger partial charge is 0.477 e. The van der Waals surface area contributed by atoms with Crippen molar-refractivity contribution < 1.29 is 19.4 Å². The lowest BCUT2D eigenvalue weighted by Gasteiger charge is -2.00. The molecule has 0 unspecified atom stereocenters. The fourth-order valence-corrected chi connectivity index (χ4v) is 2.05. The molecule has 0 atom stereocenters. The third-order valence-corrected chi connectivity index (χ3v) is 2.97. The highest BCUT2D eigenvalue weighted by molar-refractivity contribution is 5.87. The predicted octanol–water partition coefficient (Wildman–Crippen LogP) is 2.16. The second-order valence-electron chi connectivity index (χ2n) is 4.26. The van der Waals surface area contributed by atoms with Gasteiger partial charge in [-0.1, -0.05) is 6.08 Å². The monoisotopic (exact) mass is 272 g/mol. The minimum atomic E-state index is -1.02. The predicted molar refractivity (Wildman–Crippen MR) is 70.9 cm³/mol. The molecule has 0 bridgehead atoms. The summed E-state index contributed by atoms with van der Waals surface area (Å²) in [5.41, 5.74) is 1.47. The van der Waals surface area contributed by atoms with E-state index in [0.29, 0.717) is 23.7 Å². The zero-order valence-corrected chi connectivity index (χ0v) is 10.6. The quantitative estimate of drug-likeness (QED) is 0.863. The zero-order valence-electron chi connectivity index (χ0n) is 10.6. The van der Waals surface area contributed by atoms with Crippen LogP contribution in [0.5, 0.6) is 11.5 Å². The van der Waals surface area contributed by atoms with Crippen molar-refractivity contribution in [2.75, 3.05) is 6.79 Å². The minimum absolute atomic E-state index is 0.123. The molecule has 0 radical (unpaired) electrons. The van der Waals surface area contributed by atoms with Crippen LogP contribution in [0.2, 0.25) is 0 Å². The van der Waals surface area contributed by atoms with Gasteiger partial charge in [0.1, 0.15) is 5.69 Å². The molecular weight excluding hydrogens is 260 g/mol. The second kappa shape index (κ2) is 4.73. The van der Waals surface area contributed by atoms with Crippen molar-refractivity contribution in [2.45, 2.75) is 6.54 Å². The Bertz CT molecular complexity index is 690. The third kappa shape index (κ3) is 2.01. The molecule has 1 aromatic carbocycles. The van der Waals surface area contributed by atoms with E-state index in [1.807, 2.05) is 6.07 Å². The van der Waals surface area contributed by atoms with E-state index < -0.39 is 5.97 Å². The summed E-state index contributed by atoms with van der Waals surface area (Å²) in [5.74, 6) is 0.293. The molecule has 1 aliphatic heterocycles. The number of rotatable bonds is 4. The standard InChI is InChI=1S/C14H12N2O4/c1-2-5-16-11(14(17)18)7-10(15-16)9-3-4-12-13(6-9)20-8-19-12/h2-4,6-7H,1,5,8H2,(H,17,18).